The Labute approximate surface area is 167 Å². The average Bonchev–Trinajstić information content (AvgIpc) is 3.41. The maximum Gasteiger partial charge on any atom is 0.341 e. The van der Waals surface area contributed by atoms with E-state index in [1.807, 2.05) is 18.7 Å². The SMILES string of the molecule is CC1CN(c2cc3c(c(N)c2F)c(=O)c(C(=O)O)cn3C2CC2)CC(C)N1.Cl. The summed E-state index contributed by atoms with van der Waals surface area (Å²) in [5, 5.41) is 12.7. The Morgan fingerprint density at radius 3 is 2.43 bits per heavy atom. The van der Waals surface area contributed by atoms with Crippen LogP contribution in [0.5, 0.6) is 0 Å². The molecule has 4 rings (SSSR count). The smallest absolute Gasteiger partial charge is 0.341 e. The number of carboxylic acid groups (broad SMARTS) is 1. The summed E-state index contributed by atoms with van der Waals surface area (Å²) in [5.41, 5.74) is 5.50. The van der Waals surface area contributed by atoms with Crippen molar-refractivity contribution in [1.82, 2.24) is 9.88 Å². The number of hydrogen-bond acceptors (Lipinski definition) is 5. The van der Waals surface area contributed by atoms with Crippen molar-refractivity contribution < 1.29 is 14.3 Å². The molecule has 2 heterocycles. The number of aromatic nitrogens is 1. The summed E-state index contributed by atoms with van der Waals surface area (Å²) in [6, 6.07) is 2.14. The second-order valence-electron chi connectivity index (χ2n) is 7.71. The molecule has 1 saturated carbocycles. The fourth-order valence-electron chi connectivity index (χ4n) is 4.06. The maximum atomic E-state index is 15.1. The molecule has 2 unspecified atom stereocenters. The summed E-state index contributed by atoms with van der Waals surface area (Å²) in [6.45, 7) is 5.30. The van der Waals surface area contributed by atoms with Crippen molar-refractivity contribution in [3.8, 4) is 0 Å². The number of fused-ring (bicyclic) bond motifs is 1. The van der Waals surface area contributed by atoms with Crippen molar-refractivity contribution in [3.63, 3.8) is 0 Å². The number of nitrogens with zero attached hydrogens (tertiary/aromatic N) is 2. The Kier molecular flexibility index (Phi) is 5.29. The molecule has 2 fully saturated rings. The fourth-order valence-corrected chi connectivity index (χ4v) is 4.06. The van der Waals surface area contributed by atoms with Gasteiger partial charge in [0, 0.05) is 37.4 Å². The molecule has 152 valence electrons. The second-order valence-corrected chi connectivity index (χ2v) is 7.71. The lowest BCUT2D eigenvalue weighted by atomic mass is 10.0. The van der Waals surface area contributed by atoms with Crippen molar-refractivity contribution in [2.75, 3.05) is 23.7 Å². The zero-order valence-corrected chi connectivity index (χ0v) is 16.6. The monoisotopic (exact) mass is 410 g/mol. The van der Waals surface area contributed by atoms with E-state index in [-0.39, 0.29) is 47.2 Å². The van der Waals surface area contributed by atoms with Crippen LogP contribution in [0.2, 0.25) is 0 Å². The molecule has 0 radical (unpaired) electrons. The minimum atomic E-state index is -1.33. The van der Waals surface area contributed by atoms with Gasteiger partial charge in [-0.15, -0.1) is 12.4 Å². The molecular formula is C19H24ClFN4O3. The summed E-state index contributed by atoms with van der Waals surface area (Å²) in [5.74, 6) is -1.99. The lowest BCUT2D eigenvalue weighted by Gasteiger charge is -2.38. The molecule has 7 nitrogen and oxygen atoms in total. The highest BCUT2D eigenvalue weighted by atomic mass is 35.5. The van der Waals surface area contributed by atoms with Gasteiger partial charge in [-0.3, -0.25) is 4.79 Å². The van der Waals surface area contributed by atoms with Gasteiger partial charge in [-0.1, -0.05) is 0 Å². The number of anilines is 2. The van der Waals surface area contributed by atoms with E-state index in [1.165, 1.54) is 6.20 Å². The highest BCUT2D eigenvalue weighted by Crippen LogP contribution is 2.40. The molecule has 1 saturated heterocycles. The number of hydrogen-bond donors (Lipinski definition) is 3. The van der Waals surface area contributed by atoms with Crippen molar-refractivity contribution in [2.45, 2.75) is 44.8 Å². The van der Waals surface area contributed by atoms with Crippen molar-refractivity contribution >= 4 is 40.7 Å². The first-order valence-corrected chi connectivity index (χ1v) is 9.19. The average molecular weight is 411 g/mol. The number of benzene rings is 1. The molecular weight excluding hydrogens is 387 g/mol. The first-order valence-electron chi connectivity index (χ1n) is 9.19. The van der Waals surface area contributed by atoms with E-state index in [9.17, 15) is 14.7 Å². The molecule has 1 aliphatic carbocycles. The first-order chi connectivity index (χ1) is 12.8. The Morgan fingerprint density at radius 2 is 1.89 bits per heavy atom. The van der Waals surface area contributed by atoms with Gasteiger partial charge in [-0.05, 0) is 32.8 Å². The lowest BCUT2D eigenvalue weighted by Crippen LogP contribution is -2.54. The Morgan fingerprint density at radius 1 is 1.29 bits per heavy atom. The van der Waals surface area contributed by atoms with E-state index in [0.717, 1.165) is 12.8 Å². The van der Waals surface area contributed by atoms with Crippen LogP contribution >= 0.6 is 12.4 Å². The number of nitrogen functional groups attached to an aromatic ring is 1. The molecule has 1 aliphatic heterocycles. The van der Waals surface area contributed by atoms with Gasteiger partial charge in [-0.2, -0.15) is 0 Å². The third-order valence-electron chi connectivity index (χ3n) is 5.35. The van der Waals surface area contributed by atoms with Gasteiger partial charge in [0.1, 0.15) is 5.56 Å². The van der Waals surface area contributed by atoms with Gasteiger partial charge in [-0.25, -0.2) is 9.18 Å². The molecule has 0 amide bonds. The van der Waals surface area contributed by atoms with Gasteiger partial charge in [0.2, 0.25) is 5.43 Å². The van der Waals surface area contributed by atoms with Gasteiger partial charge in [0.15, 0.2) is 5.82 Å². The highest BCUT2D eigenvalue weighted by Gasteiger charge is 2.30. The summed E-state index contributed by atoms with van der Waals surface area (Å²) in [6.07, 6.45) is 3.16. The molecule has 2 aromatic rings. The number of carbonyl (C=O) groups is 1. The van der Waals surface area contributed by atoms with Crippen LogP contribution in [0.15, 0.2) is 17.1 Å². The highest BCUT2D eigenvalue weighted by molar-refractivity contribution is 5.99. The van der Waals surface area contributed by atoms with Crippen LogP contribution in [0.3, 0.4) is 0 Å². The summed E-state index contributed by atoms with van der Waals surface area (Å²) in [4.78, 5) is 26.1. The topological polar surface area (TPSA) is 101 Å². The van der Waals surface area contributed by atoms with Gasteiger partial charge in [0.05, 0.1) is 22.3 Å². The largest absolute Gasteiger partial charge is 0.477 e. The Hall–Kier alpha value is -2.32. The van der Waals surface area contributed by atoms with Gasteiger partial charge >= 0.3 is 5.97 Å². The van der Waals surface area contributed by atoms with Crippen molar-refractivity contribution in [3.05, 3.63) is 33.9 Å². The molecule has 1 aromatic heterocycles. The number of piperazine rings is 1. The van der Waals surface area contributed by atoms with Crippen molar-refractivity contribution in [2.24, 2.45) is 0 Å². The van der Waals surface area contributed by atoms with E-state index >= 15 is 4.39 Å². The fraction of sp³-hybridized carbons (Fsp3) is 0.474. The van der Waals surface area contributed by atoms with E-state index in [2.05, 4.69) is 5.32 Å². The van der Waals surface area contributed by atoms with Crippen LogP contribution in [-0.2, 0) is 0 Å². The second kappa shape index (κ2) is 7.25. The molecule has 2 aliphatic rings. The number of nitrogens with two attached hydrogens (primary N) is 1. The van der Waals surface area contributed by atoms with Crippen LogP contribution in [0.4, 0.5) is 15.8 Å². The molecule has 9 heteroatoms. The molecule has 4 N–H and O–H groups in total. The number of pyridine rings is 1. The van der Waals surface area contributed by atoms with Gasteiger partial charge < -0.3 is 25.6 Å². The van der Waals surface area contributed by atoms with E-state index in [4.69, 9.17) is 5.73 Å². The summed E-state index contributed by atoms with van der Waals surface area (Å²) in [7, 11) is 0. The first kappa shape index (κ1) is 20.4. The predicted molar refractivity (Wildman–Crippen MR) is 109 cm³/mol. The zero-order valence-electron chi connectivity index (χ0n) is 15.7. The summed E-state index contributed by atoms with van der Waals surface area (Å²) >= 11 is 0. The molecule has 28 heavy (non-hydrogen) atoms. The number of rotatable bonds is 3. The standard InChI is InChI=1S/C19H23FN4O3.ClH/c1-9-6-23(7-10(2)22-9)14-5-13-15(17(21)16(14)20)18(25)12(19(26)27)8-24(13)11-3-4-11;/h5,8-11,22H,3-4,6-7,21H2,1-2H3,(H,26,27);1H. The predicted octanol–water partition coefficient (Wildman–Crippen LogP) is 2.36. The van der Waals surface area contributed by atoms with Crippen LogP contribution in [-0.4, -0.2) is 40.8 Å². The molecule has 2 atom stereocenters. The Bertz CT molecular complexity index is 995. The molecule has 0 bridgehead atoms. The van der Waals surface area contributed by atoms with E-state index < -0.39 is 17.2 Å². The third-order valence-corrected chi connectivity index (χ3v) is 5.35. The Balaban J connectivity index is 0.00000225. The maximum absolute atomic E-state index is 15.1. The number of aromatic carboxylic acids is 1. The number of nitrogens with one attached hydrogen (secondary N) is 1. The normalized spacial score (nSPS) is 22.2. The van der Waals surface area contributed by atoms with Crippen molar-refractivity contribution in [1.29, 1.82) is 0 Å². The summed E-state index contributed by atoms with van der Waals surface area (Å²) < 4.78 is 16.9. The number of halogens is 2. The molecule has 0 spiro atoms. The molecule has 1 aromatic carbocycles. The quantitative estimate of drug-likeness (QED) is 0.671. The third kappa shape index (κ3) is 3.31. The minimum absolute atomic E-state index is 0. The van der Waals surface area contributed by atoms with Crippen LogP contribution in [0.1, 0.15) is 43.1 Å². The van der Waals surface area contributed by atoms with Gasteiger partial charge in [0.25, 0.3) is 0 Å². The van der Waals surface area contributed by atoms with E-state index in [1.54, 1.807) is 10.6 Å². The zero-order chi connectivity index (χ0) is 19.5. The minimum Gasteiger partial charge on any atom is -0.477 e. The van der Waals surface area contributed by atoms with Crippen LogP contribution in [0, 0.1) is 5.82 Å². The van der Waals surface area contributed by atoms with E-state index in [0.29, 0.717) is 24.3 Å². The number of carboxylic acids is 1. The lowest BCUT2D eigenvalue weighted by molar-refractivity contribution is 0.0695. The van der Waals surface area contributed by atoms with Crippen LogP contribution in [0.25, 0.3) is 10.9 Å². The van der Waals surface area contributed by atoms with Crippen LogP contribution < -0.4 is 21.4 Å².